The third kappa shape index (κ3) is 4.34. The zero-order chi connectivity index (χ0) is 14.6. The van der Waals surface area contributed by atoms with Crippen LogP contribution in [0.3, 0.4) is 0 Å². The summed E-state index contributed by atoms with van der Waals surface area (Å²) in [6.45, 7) is -0.0904. The first-order chi connectivity index (χ1) is 8.82. The molecule has 0 saturated heterocycles. The summed E-state index contributed by atoms with van der Waals surface area (Å²) in [6, 6.07) is 1.98. The van der Waals surface area contributed by atoms with E-state index in [-0.39, 0.29) is 28.6 Å². The van der Waals surface area contributed by atoms with Crippen LogP contribution in [0.5, 0.6) is 0 Å². The number of rotatable bonds is 5. The van der Waals surface area contributed by atoms with Gasteiger partial charge in [0.2, 0.25) is 0 Å². The molecule has 19 heavy (non-hydrogen) atoms. The lowest BCUT2D eigenvalue weighted by Crippen LogP contribution is -2.30. The predicted molar refractivity (Wildman–Crippen MR) is 67.0 cm³/mol. The summed E-state index contributed by atoms with van der Waals surface area (Å²) >= 11 is 11.2. The van der Waals surface area contributed by atoms with Crippen molar-refractivity contribution in [3.05, 3.63) is 33.6 Å². The second kappa shape index (κ2) is 6.70. The maximum atomic E-state index is 13.2. The molecule has 0 aromatic heterocycles. The first-order valence-electron chi connectivity index (χ1n) is 5.16. The molecular weight excluding hydrogens is 300 g/mol. The van der Waals surface area contributed by atoms with Crippen LogP contribution in [-0.2, 0) is 4.79 Å². The van der Waals surface area contributed by atoms with Crippen LogP contribution in [0.1, 0.15) is 16.8 Å². The minimum Gasteiger partial charge on any atom is -0.479 e. The fourth-order valence-electron chi connectivity index (χ4n) is 1.24. The largest absolute Gasteiger partial charge is 0.479 e. The van der Waals surface area contributed by atoms with Gasteiger partial charge in [-0.15, -0.1) is 0 Å². The molecule has 0 fully saturated rings. The van der Waals surface area contributed by atoms with E-state index in [1.54, 1.807) is 0 Å². The van der Waals surface area contributed by atoms with Gasteiger partial charge in [-0.1, -0.05) is 23.2 Å². The van der Waals surface area contributed by atoms with Crippen molar-refractivity contribution in [1.82, 2.24) is 5.32 Å². The number of carbonyl (C=O) groups excluding carboxylic acids is 1. The van der Waals surface area contributed by atoms with Gasteiger partial charge in [0.1, 0.15) is 5.82 Å². The van der Waals surface area contributed by atoms with E-state index >= 15 is 0 Å². The Hall–Kier alpha value is -1.37. The van der Waals surface area contributed by atoms with Crippen LogP contribution < -0.4 is 5.32 Å². The lowest BCUT2D eigenvalue weighted by molar-refractivity contribution is -0.146. The smallest absolute Gasteiger partial charge is 0.332 e. The Labute approximate surface area is 117 Å². The van der Waals surface area contributed by atoms with E-state index in [9.17, 15) is 14.0 Å². The number of carboxylic acids is 1. The van der Waals surface area contributed by atoms with Gasteiger partial charge >= 0.3 is 5.97 Å². The molecule has 0 saturated carbocycles. The standard InChI is InChI=1S/C11H10Cl2FNO4/c12-6-4-7(13)8(14)3-5(6)10(17)15-2-1-9(16)11(18)19/h3-4,9,16H,1-2H2,(H,15,17)(H,18,19). The minimum absolute atomic E-state index is 0.0253. The summed E-state index contributed by atoms with van der Waals surface area (Å²) in [5.74, 6) is -2.86. The average Bonchev–Trinajstić information content (AvgIpc) is 2.33. The summed E-state index contributed by atoms with van der Waals surface area (Å²) in [5, 5.41) is 19.5. The van der Waals surface area contributed by atoms with Crippen molar-refractivity contribution in [2.45, 2.75) is 12.5 Å². The molecular formula is C11H10Cl2FNO4. The predicted octanol–water partition coefficient (Wildman–Crippen LogP) is 1.70. The molecule has 0 spiro atoms. The zero-order valence-electron chi connectivity index (χ0n) is 9.49. The molecule has 1 unspecified atom stereocenters. The van der Waals surface area contributed by atoms with Gasteiger partial charge < -0.3 is 15.5 Å². The molecule has 0 aliphatic carbocycles. The van der Waals surface area contributed by atoms with Crippen molar-refractivity contribution in [1.29, 1.82) is 0 Å². The highest BCUT2D eigenvalue weighted by Gasteiger charge is 2.16. The summed E-state index contributed by atoms with van der Waals surface area (Å²) in [6.07, 6.45) is -1.74. The number of aliphatic hydroxyl groups is 1. The summed E-state index contributed by atoms with van der Waals surface area (Å²) in [5.41, 5.74) is -0.117. The Bertz CT molecular complexity index is 510. The van der Waals surface area contributed by atoms with Gasteiger partial charge in [0.05, 0.1) is 15.6 Å². The molecule has 5 nitrogen and oxygen atoms in total. The van der Waals surface area contributed by atoms with Gasteiger partial charge in [0, 0.05) is 13.0 Å². The maximum Gasteiger partial charge on any atom is 0.332 e. The number of carbonyl (C=O) groups is 2. The van der Waals surface area contributed by atoms with Crippen molar-refractivity contribution >= 4 is 35.1 Å². The SMILES string of the molecule is O=C(NCCC(O)C(=O)O)c1cc(F)c(Cl)cc1Cl. The van der Waals surface area contributed by atoms with Crippen LogP contribution in [-0.4, -0.2) is 34.7 Å². The van der Waals surface area contributed by atoms with Crippen LogP contribution in [0.15, 0.2) is 12.1 Å². The lowest BCUT2D eigenvalue weighted by atomic mass is 10.2. The number of aliphatic carboxylic acids is 1. The van der Waals surface area contributed by atoms with Crippen LogP contribution in [0.4, 0.5) is 4.39 Å². The van der Waals surface area contributed by atoms with Gasteiger partial charge in [-0.25, -0.2) is 9.18 Å². The summed E-state index contributed by atoms with van der Waals surface area (Å²) < 4.78 is 13.2. The van der Waals surface area contributed by atoms with E-state index < -0.39 is 23.8 Å². The molecule has 0 aliphatic rings. The highest BCUT2D eigenvalue weighted by molar-refractivity contribution is 6.36. The van der Waals surface area contributed by atoms with E-state index in [1.165, 1.54) is 0 Å². The molecule has 104 valence electrons. The van der Waals surface area contributed by atoms with Gasteiger partial charge in [0.15, 0.2) is 6.10 Å². The van der Waals surface area contributed by atoms with E-state index in [2.05, 4.69) is 5.32 Å². The average molecular weight is 310 g/mol. The molecule has 0 heterocycles. The third-order valence-corrected chi connectivity index (χ3v) is 2.85. The Balaban J connectivity index is 2.64. The summed E-state index contributed by atoms with van der Waals surface area (Å²) in [7, 11) is 0. The van der Waals surface area contributed by atoms with E-state index in [1.807, 2.05) is 0 Å². The molecule has 1 aromatic carbocycles. The van der Waals surface area contributed by atoms with E-state index in [4.69, 9.17) is 33.4 Å². The van der Waals surface area contributed by atoms with E-state index in [0.717, 1.165) is 12.1 Å². The Morgan fingerprint density at radius 1 is 1.32 bits per heavy atom. The third-order valence-electron chi connectivity index (χ3n) is 2.24. The lowest BCUT2D eigenvalue weighted by Gasteiger charge is -2.09. The monoisotopic (exact) mass is 309 g/mol. The van der Waals surface area contributed by atoms with Gasteiger partial charge in [-0.2, -0.15) is 0 Å². The zero-order valence-corrected chi connectivity index (χ0v) is 11.0. The van der Waals surface area contributed by atoms with Crippen molar-refractivity contribution < 1.29 is 24.2 Å². The van der Waals surface area contributed by atoms with Crippen LogP contribution in [0.2, 0.25) is 10.0 Å². The summed E-state index contributed by atoms with van der Waals surface area (Å²) in [4.78, 5) is 22.0. The molecule has 8 heteroatoms. The van der Waals surface area contributed by atoms with Gasteiger partial charge in [0.25, 0.3) is 5.91 Å². The maximum absolute atomic E-state index is 13.2. The van der Waals surface area contributed by atoms with Crippen LogP contribution in [0, 0.1) is 5.82 Å². The molecule has 1 atom stereocenters. The molecule has 1 amide bonds. The number of benzene rings is 1. The number of carboxylic acid groups (broad SMARTS) is 1. The van der Waals surface area contributed by atoms with Crippen LogP contribution >= 0.6 is 23.2 Å². The highest BCUT2D eigenvalue weighted by atomic mass is 35.5. The number of hydrogen-bond donors (Lipinski definition) is 3. The second-order valence-corrected chi connectivity index (χ2v) is 4.46. The fourth-order valence-corrected chi connectivity index (χ4v) is 1.71. The van der Waals surface area contributed by atoms with Gasteiger partial charge in [-0.3, -0.25) is 4.79 Å². The first-order valence-corrected chi connectivity index (χ1v) is 5.92. The Kier molecular flexibility index (Phi) is 5.53. The van der Waals surface area contributed by atoms with E-state index in [0.29, 0.717) is 0 Å². The van der Waals surface area contributed by atoms with Crippen molar-refractivity contribution in [3.63, 3.8) is 0 Å². The van der Waals surface area contributed by atoms with Crippen molar-refractivity contribution in [3.8, 4) is 0 Å². The number of nitrogens with one attached hydrogen (secondary N) is 1. The highest BCUT2D eigenvalue weighted by Crippen LogP contribution is 2.24. The van der Waals surface area contributed by atoms with Crippen LogP contribution in [0.25, 0.3) is 0 Å². The molecule has 1 rings (SSSR count). The molecule has 0 bridgehead atoms. The topological polar surface area (TPSA) is 86.6 Å². The van der Waals surface area contributed by atoms with Crippen molar-refractivity contribution in [2.75, 3.05) is 6.54 Å². The molecule has 1 aromatic rings. The number of hydrogen-bond acceptors (Lipinski definition) is 3. The number of aliphatic hydroxyl groups excluding tert-OH is 1. The fraction of sp³-hybridized carbons (Fsp3) is 0.273. The second-order valence-electron chi connectivity index (χ2n) is 3.64. The molecule has 0 radical (unpaired) electrons. The molecule has 3 N–H and O–H groups in total. The Morgan fingerprint density at radius 3 is 2.53 bits per heavy atom. The molecule has 0 aliphatic heterocycles. The van der Waals surface area contributed by atoms with Crippen molar-refractivity contribution in [2.24, 2.45) is 0 Å². The normalized spacial score (nSPS) is 12.0. The van der Waals surface area contributed by atoms with Gasteiger partial charge in [-0.05, 0) is 12.1 Å². The number of amides is 1. The minimum atomic E-state index is -1.57. The quantitative estimate of drug-likeness (QED) is 0.723. The Morgan fingerprint density at radius 2 is 1.95 bits per heavy atom. The first kappa shape index (κ1) is 15.7. The number of halogens is 3.